The van der Waals surface area contributed by atoms with E-state index in [0.717, 1.165) is 21.6 Å². The first-order chi connectivity index (χ1) is 17.0. The normalized spacial score (nSPS) is 17.2. The third-order valence-electron chi connectivity index (χ3n) is 6.38. The van der Waals surface area contributed by atoms with E-state index in [9.17, 15) is 9.59 Å². The quantitative estimate of drug-likeness (QED) is 0.378. The lowest BCUT2D eigenvalue weighted by Crippen LogP contribution is -2.36. The summed E-state index contributed by atoms with van der Waals surface area (Å²) in [6, 6.07) is 24.0. The first-order valence-corrected chi connectivity index (χ1v) is 12.5. The Hall–Kier alpha value is -3.35. The molecule has 2 heterocycles. The van der Waals surface area contributed by atoms with Gasteiger partial charge < -0.3 is 15.5 Å². The molecule has 1 atom stereocenters. The van der Waals surface area contributed by atoms with Crippen LogP contribution in [-0.2, 0) is 4.79 Å². The molecule has 3 aromatic rings. The molecule has 1 amide bonds. The van der Waals surface area contributed by atoms with E-state index in [1.54, 1.807) is 24.3 Å². The van der Waals surface area contributed by atoms with Gasteiger partial charge in [-0.15, -0.1) is 0 Å². The minimum atomic E-state index is -0.570. The van der Waals surface area contributed by atoms with E-state index in [1.165, 1.54) is 0 Å². The number of anilines is 1. The average Bonchev–Trinajstić information content (AvgIpc) is 3.36. The molecular weight excluding hydrogens is 526 g/mol. The number of para-hydroxylation sites is 1. The molecule has 0 radical (unpaired) electrons. The van der Waals surface area contributed by atoms with Crippen molar-refractivity contribution in [3.63, 3.8) is 0 Å². The molecule has 1 unspecified atom stereocenters. The standard InChI is InChI=1S/C28H23BrClN3O2/c1-17-23(28(35)32-22-10-6-5-9-21(22)29)24(18-11-13-20(30)14-12-18)25(27-31-15-16-33(17)27)26(34)19-7-3-2-4-8-19/h2-14,24,31H,15-16H2,1H3,(H,32,35). The SMILES string of the molecule is CC1=C(C(=O)Nc2ccccc2Br)C(c2ccc(Cl)cc2)C(C(=O)c2ccccc2)=C2NCCN12. The number of allylic oxidation sites excluding steroid dienone is 2. The Morgan fingerprint density at radius 2 is 1.66 bits per heavy atom. The molecule has 3 aromatic carbocycles. The second-order valence-corrected chi connectivity index (χ2v) is 9.74. The predicted molar refractivity (Wildman–Crippen MR) is 142 cm³/mol. The van der Waals surface area contributed by atoms with E-state index in [1.807, 2.05) is 66.4 Å². The summed E-state index contributed by atoms with van der Waals surface area (Å²) in [6.45, 7) is 3.30. The second kappa shape index (κ2) is 9.72. The number of nitrogens with one attached hydrogen (secondary N) is 2. The van der Waals surface area contributed by atoms with Gasteiger partial charge >= 0.3 is 0 Å². The third kappa shape index (κ3) is 4.40. The van der Waals surface area contributed by atoms with Crippen LogP contribution in [0.5, 0.6) is 0 Å². The maximum Gasteiger partial charge on any atom is 0.254 e. The monoisotopic (exact) mass is 547 g/mol. The Morgan fingerprint density at radius 1 is 0.971 bits per heavy atom. The van der Waals surface area contributed by atoms with Crippen LogP contribution in [0.25, 0.3) is 0 Å². The van der Waals surface area contributed by atoms with Crippen LogP contribution >= 0.6 is 27.5 Å². The summed E-state index contributed by atoms with van der Waals surface area (Å²) in [4.78, 5) is 29.9. The van der Waals surface area contributed by atoms with Crippen molar-refractivity contribution in [3.05, 3.63) is 122 Å². The van der Waals surface area contributed by atoms with Crippen LogP contribution in [0, 0.1) is 0 Å². The van der Waals surface area contributed by atoms with Crippen molar-refractivity contribution in [2.45, 2.75) is 12.8 Å². The van der Waals surface area contributed by atoms with Crippen molar-refractivity contribution in [2.24, 2.45) is 0 Å². The van der Waals surface area contributed by atoms with Gasteiger partial charge in [0.05, 0.1) is 11.3 Å². The van der Waals surface area contributed by atoms with Gasteiger partial charge in [0.15, 0.2) is 5.78 Å². The summed E-state index contributed by atoms with van der Waals surface area (Å²) < 4.78 is 0.783. The molecule has 5 rings (SSSR count). The number of amides is 1. The van der Waals surface area contributed by atoms with Gasteiger partial charge in [-0.25, -0.2) is 0 Å². The molecule has 2 aliphatic rings. The van der Waals surface area contributed by atoms with E-state index >= 15 is 0 Å². The highest BCUT2D eigenvalue weighted by molar-refractivity contribution is 9.10. The molecule has 0 aliphatic carbocycles. The van der Waals surface area contributed by atoms with Gasteiger partial charge in [0.25, 0.3) is 5.91 Å². The van der Waals surface area contributed by atoms with E-state index in [0.29, 0.717) is 40.5 Å². The molecule has 0 aromatic heterocycles. The zero-order valence-electron chi connectivity index (χ0n) is 19.0. The van der Waals surface area contributed by atoms with Crippen LogP contribution < -0.4 is 10.6 Å². The highest BCUT2D eigenvalue weighted by Gasteiger charge is 2.42. The van der Waals surface area contributed by atoms with Gasteiger partial charge in [0.2, 0.25) is 0 Å². The Balaban J connectivity index is 1.68. The number of hydrogen-bond acceptors (Lipinski definition) is 4. The van der Waals surface area contributed by atoms with Crippen LogP contribution in [0.1, 0.15) is 28.8 Å². The first-order valence-electron chi connectivity index (χ1n) is 11.3. The van der Waals surface area contributed by atoms with Crippen LogP contribution in [0.15, 0.2) is 106 Å². The maximum absolute atomic E-state index is 14.0. The molecule has 2 aliphatic heterocycles. The number of rotatable bonds is 5. The van der Waals surface area contributed by atoms with E-state index in [-0.39, 0.29) is 11.7 Å². The van der Waals surface area contributed by atoms with E-state index < -0.39 is 5.92 Å². The second-order valence-electron chi connectivity index (χ2n) is 8.45. The fourth-order valence-electron chi connectivity index (χ4n) is 4.72. The minimum absolute atomic E-state index is 0.112. The van der Waals surface area contributed by atoms with Crippen molar-refractivity contribution < 1.29 is 9.59 Å². The number of halogens is 2. The van der Waals surface area contributed by atoms with E-state index in [4.69, 9.17) is 11.6 Å². The molecule has 0 spiro atoms. The molecule has 2 N–H and O–H groups in total. The number of carbonyl (C=O) groups excluding carboxylic acids is 2. The lowest BCUT2D eigenvalue weighted by molar-refractivity contribution is -0.113. The van der Waals surface area contributed by atoms with Crippen molar-refractivity contribution in [2.75, 3.05) is 18.4 Å². The number of ketones is 1. The molecule has 5 nitrogen and oxygen atoms in total. The molecule has 7 heteroatoms. The fourth-order valence-corrected chi connectivity index (χ4v) is 5.23. The van der Waals surface area contributed by atoms with Gasteiger partial charge in [-0.05, 0) is 52.7 Å². The highest BCUT2D eigenvalue weighted by atomic mass is 79.9. The van der Waals surface area contributed by atoms with Crippen LogP contribution in [0.3, 0.4) is 0 Å². The molecule has 1 fully saturated rings. The molecule has 0 bridgehead atoms. The van der Waals surface area contributed by atoms with Gasteiger partial charge in [0.1, 0.15) is 5.82 Å². The number of benzene rings is 3. The van der Waals surface area contributed by atoms with Gasteiger partial charge in [-0.1, -0.05) is 66.2 Å². The summed E-state index contributed by atoms with van der Waals surface area (Å²) in [5.41, 5.74) is 3.98. The minimum Gasteiger partial charge on any atom is -0.369 e. The fraction of sp³-hybridized carbons (Fsp3) is 0.143. The number of nitrogens with zero attached hydrogens (tertiary/aromatic N) is 1. The Bertz CT molecular complexity index is 1370. The maximum atomic E-state index is 14.0. The summed E-state index contributed by atoms with van der Waals surface area (Å²) >= 11 is 9.70. The lowest BCUT2D eigenvalue weighted by Gasteiger charge is -2.35. The van der Waals surface area contributed by atoms with Gasteiger partial charge in [-0.3, -0.25) is 9.59 Å². The zero-order valence-corrected chi connectivity index (χ0v) is 21.4. The zero-order chi connectivity index (χ0) is 24.5. The lowest BCUT2D eigenvalue weighted by atomic mass is 9.77. The Labute approximate surface area is 217 Å². The number of carbonyl (C=O) groups is 2. The molecule has 0 saturated carbocycles. The summed E-state index contributed by atoms with van der Waals surface area (Å²) in [5.74, 6) is -0.176. The van der Waals surface area contributed by atoms with Crippen molar-refractivity contribution in [1.29, 1.82) is 0 Å². The Morgan fingerprint density at radius 3 is 2.37 bits per heavy atom. The summed E-state index contributed by atoms with van der Waals surface area (Å²) in [7, 11) is 0. The first kappa shape index (κ1) is 23.4. The van der Waals surface area contributed by atoms with Crippen molar-refractivity contribution in [1.82, 2.24) is 10.2 Å². The number of fused-ring (bicyclic) bond motifs is 1. The topological polar surface area (TPSA) is 61.4 Å². The third-order valence-corrected chi connectivity index (χ3v) is 7.32. The average molecular weight is 549 g/mol. The highest BCUT2D eigenvalue weighted by Crippen LogP contribution is 2.44. The Kier molecular flexibility index (Phi) is 6.50. The van der Waals surface area contributed by atoms with E-state index in [2.05, 4.69) is 26.6 Å². The number of Topliss-reactive ketones (excluding diaryl/α,β-unsaturated/α-hetero) is 1. The van der Waals surface area contributed by atoms with Crippen LogP contribution in [0.2, 0.25) is 5.02 Å². The largest absolute Gasteiger partial charge is 0.369 e. The van der Waals surface area contributed by atoms with Crippen LogP contribution in [0.4, 0.5) is 5.69 Å². The molecular formula is C28H23BrClN3O2. The predicted octanol–water partition coefficient (Wildman–Crippen LogP) is 6.11. The smallest absolute Gasteiger partial charge is 0.254 e. The number of hydrogen-bond donors (Lipinski definition) is 2. The summed E-state index contributed by atoms with van der Waals surface area (Å²) in [6.07, 6.45) is 0. The van der Waals surface area contributed by atoms with Crippen molar-refractivity contribution >= 4 is 44.9 Å². The molecule has 35 heavy (non-hydrogen) atoms. The molecule has 176 valence electrons. The molecule has 1 saturated heterocycles. The summed E-state index contributed by atoms with van der Waals surface area (Å²) in [5, 5.41) is 7.05. The van der Waals surface area contributed by atoms with Crippen molar-refractivity contribution in [3.8, 4) is 0 Å². The van der Waals surface area contributed by atoms with Crippen LogP contribution in [-0.4, -0.2) is 29.7 Å². The van der Waals surface area contributed by atoms with Gasteiger partial charge in [0, 0.05) is 45.3 Å². The van der Waals surface area contributed by atoms with Gasteiger partial charge in [-0.2, -0.15) is 0 Å².